The summed E-state index contributed by atoms with van der Waals surface area (Å²) in [5, 5.41) is 9.36. The number of hydrogen-bond donors (Lipinski definition) is 1. The maximum atomic E-state index is 13.4. The number of aromatic nitrogens is 1. The third kappa shape index (κ3) is 6.06. The Bertz CT molecular complexity index is 1290. The van der Waals surface area contributed by atoms with Gasteiger partial charge in [-0.15, -0.1) is 0 Å². The lowest BCUT2D eigenvalue weighted by molar-refractivity contribution is -0.132. The van der Waals surface area contributed by atoms with Gasteiger partial charge in [-0.3, -0.25) is 4.79 Å². The highest BCUT2D eigenvalue weighted by molar-refractivity contribution is 7.89. The smallest absolute Gasteiger partial charge is 0.243 e. The lowest BCUT2D eigenvalue weighted by Crippen LogP contribution is -2.47. The molecule has 0 aliphatic heterocycles. The number of amides is 1. The molecule has 1 unspecified atom stereocenters. The lowest BCUT2D eigenvalue weighted by Gasteiger charge is -2.25. The van der Waals surface area contributed by atoms with Crippen molar-refractivity contribution in [1.29, 1.82) is 5.26 Å². The number of aryl methyl sites for hydroxylation is 3. The van der Waals surface area contributed by atoms with Crippen LogP contribution < -0.4 is 4.72 Å². The van der Waals surface area contributed by atoms with Gasteiger partial charge in [0.1, 0.15) is 22.7 Å². The molecule has 0 saturated carbocycles. The van der Waals surface area contributed by atoms with Crippen molar-refractivity contribution < 1.29 is 13.2 Å². The van der Waals surface area contributed by atoms with Gasteiger partial charge in [0.25, 0.3) is 0 Å². The van der Waals surface area contributed by atoms with E-state index >= 15 is 0 Å². The van der Waals surface area contributed by atoms with Crippen molar-refractivity contribution in [3.63, 3.8) is 0 Å². The van der Waals surface area contributed by atoms with E-state index in [2.05, 4.69) is 10.8 Å². The molecule has 34 heavy (non-hydrogen) atoms. The number of benzene rings is 2. The number of hydrogen-bond acceptors (Lipinski definition) is 4. The Hall–Kier alpha value is -3.12. The predicted octanol–water partition coefficient (Wildman–Crippen LogP) is 4.03. The van der Waals surface area contributed by atoms with E-state index in [-0.39, 0.29) is 28.8 Å². The highest BCUT2D eigenvalue weighted by Gasteiger charge is 2.30. The molecule has 0 radical (unpaired) electrons. The molecule has 1 N–H and O–H groups in total. The van der Waals surface area contributed by atoms with Gasteiger partial charge in [0, 0.05) is 26.3 Å². The van der Waals surface area contributed by atoms with Gasteiger partial charge in [-0.25, -0.2) is 8.42 Å². The molecular weight excluding hydrogens is 472 g/mol. The fourth-order valence-electron chi connectivity index (χ4n) is 3.73. The van der Waals surface area contributed by atoms with E-state index in [1.165, 1.54) is 11.0 Å². The van der Waals surface area contributed by atoms with Crippen LogP contribution in [0.3, 0.4) is 0 Å². The number of carbonyl (C=O) groups excluding carboxylic acids is 1. The molecule has 0 bridgehead atoms. The van der Waals surface area contributed by atoms with E-state index in [0.717, 1.165) is 11.1 Å². The van der Waals surface area contributed by atoms with Crippen molar-refractivity contribution in [2.24, 2.45) is 0 Å². The Labute approximate surface area is 205 Å². The molecule has 9 heteroatoms. The van der Waals surface area contributed by atoms with Gasteiger partial charge in [-0.2, -0.15) is 9.98 Å². The number of likely N-dealkylation sites (N-methyl/N-ethyl adjacent to an activating group) is 1. The summed E-state index contributed by atoms with van der Waals surface area (Å²) in [7, 11) is -2.45. The quantitative estimate of drug-likeness (QED) is 0.482. The van der Waals surface area contributed by atoms with Crippen molar-refractivity contribution in [2.45, 2.75) is 44.3 Å². The normalized spacial score (nSPS) is 12.2. The fourth-order valence-corrected chi connectivity index (χ4v) is 5.78. The minimum Gasteiger partial charge on any atom is -0.340 e. The summed E-state index contributed by atoms with van der Waals surface area (Å²) in [6.45, 7) is 4.25. The molecular formula is C25H27ClN4O3S. The SMILES string of the molecule is Cc1ccc(CN(C)C(=O)C(CCn2cccc2C#N)NS(=O)(=O)c2c(C)cccc2Cl)cc1. The Morgan fingerprint density at radius 1 is 1.15 bits per heavy atom. The van der Waals surface area contributed by atoms with Crippen LogP contribution in [0.1, 0.15) is 28.8 Å². The first-order valence-electron chi connectivity index (χ1n) is 10.8. The highest BCUT2D eigenvalue weighted by Crippen LogP contribution is 2.25. The Morgan fingerprint density at radius 3 is 2.50 bits per heavy atom. The first-order valence-corrected chi connectivity index (χ1v) is 12.6. The van der Waals surface area contributed by atoms with Crippen LogP contribution in [0.25, 0.3) is 0 Å². The molecule has 0 saturated heterocycles. The van der Waals surface area contributed by atoms with Gasteiger partial charge >= 0.3 is 0 Å². The molecule has 1 aromatic heterocycles. The molecule has 3 rings (SSSR count). The van der Waals surface area contributed by atoms with E-state index in [9.17, 15) is 18.5 Å². The number of halogens is 1. The number of rotatable bonds is 9. The third-order valence-electron chi connectivity index (χ3n) is 5.55. The van der Waals surface area contributed by atoms with E-state index in [1.807, 2.05) is 31.2 Å². The van der Waals surface area contributed by atoms with E-state index < -0.39 is 16.1 Å². The van der Waals surface area contributed by atoms with E-state index in [0.29, 0.717) is 17.8 Å². The van der Waals surface area contributed by atoms with Crippen molar-refractivity contribution in [3.8, 4) is 6.07 Å². The van der Waals surface area contributed by atoms with Crippen LogP contribution in [0, 0.1) is 25.2 Å². The molecule has 0 spiro atoms. The van der Waals surface area contributed by atoms with Crippen molar-refractivity contribution >= 4 is 27.5 Å². The van der Waals surface area contributed by atoms with Crippen LogP contribution in [0.2, 0.25) is 5.02 Å². The number of nitriles is 1. The average molecular weight is 499 g/mol. The predicted molar refractivity (Wildman–Crippen MR) is 132 cm³/mol. The fraction of sp³-hybridized carbons (Fsp3) is 0.280. The van der Waals surface area contributed by atoms with Gasteiger partial charge in [0.15, 0.2) is 0 Å². The Morgan fingerprint density at radius 2 is 1.85 bits per heavy atom. The van der Waals surface area contributed by atoms with Gasteiger partial charge < -0.3 is 9.47 Å². The topological polar surface area (TPSA) is 95.2 Å². The van der Waals surface area contributed by atoms with Gasteiger partial charge in [-0.05, 0) is 49.6 Å². The lowest BCUT2D eigenvalue weighted by atomic mass is 10.1. The number of nitrogens with zero attached hydrogens (tertiary/aromatic N) is 3. The van der Waals surface area contributed by atoms with Crippen LogP contribution in [0.5, 0.6) is 0 Å². The summed E-state index contributed by atoms with van der Waals surface area (Å²) >= 11 is 6.20. The summed E-state index contributed by atoms with van der Waals surface area (Å²) in [6, 6.07) is 17.1. The zero-order chi connectivity index (χ0) is 24.9. The van der Waals surface area contributed by atoms with Gasteiger partial charge in [0.2, 0.25) is 15.9 Å². The second-order valence-electron chi connectivity index (χ2n) is 8.23. The first kappa shape index (κ1) is 25.5. The summed E-state index contributed by atoms with van der Waals surface area (Å²) in [5.74, 6) is -0.375. The summed E-state index contributed by atoms with van der Waals surface area (Å²) in [5.41, 5.74) is 2.96. The summed E-state index contributed by atoms with van der Waals surface area (Å²) in [4.78, 5) is 14.9. The Balaban J connectivity index is 1.87. The van der Waals surface area contributed by atoms with Crippen LogP contribution in [-0.2, 0) is 27.9 Å². The molecule has 1 heterocycles. The molecule has 3 aromatic rings. The van der Waals surface area contributed by atoms with Crippen molar-refractivity contribution in [3.05, 3.63) is 88.2 Å². The largest absolute Gasteiger partial charge is 0.340 e. The maximum absolute atomic E-state index is 13.4. The Kier molecular flexibility index (Phi) is 8.15. The van der Waals surface area contributed by atoms with Crippen molar-refractivity contribution in [2.75, 3.05) is 7.05 Å². The molecule has 0 aliphatic carbocycles. The van der Waals surface area contributed by atoms with Crippen molar-refractivity contribution in [1.82, 2.24) is 14.2 Å². The standard InChI is InChI=1S/C25H27ClN4O3S/c1-18-9-11-20(12-10-18)17-29(3)25(31)23(13-15-30-14-5-7-21(30)16-27)28-34(32,33)24-19(2)6-4-8-22(24)26/h4-12,14,23,28H,13,15,17H2,1-3H3. The molecule has 178 valence electrons. The molecule has 7 nitrogen and oxygen atoms in total. The first-order chi connectivity index (χ1) is 16.1. The third-order valence-corrected chi connectivity index (χ3v) is 7.65. The highest BCUT2D eigenvalue weighted by atomic mass is 35.5. The van der Waals surface area contributed by atoms with Gasteiger partial charge in [-0.1, -0.05) is 53.6 Å². The average Bonchev–Trinajstić information content (AvgIpc) is 3.25. The van der Waals surface area contributed by atoms with Gasteiger partial charge in [0.05, 0.1) is 5.02 Å². The second kappa shape index (κ2) is 10.9. The minimum atomic E-state index is -4.09. The van der Waals surface area contributed by atoms with E-state index in [1.54, 1.807) is 49.0 Å². The second-order valence-corrected chi connectivity index (χ2v) is 10.3. The molecule has 1 atom stereocenters. The molecule has 0 aliphatic rings. The number of sulfonamides is 1. The number of carbonyl (C=O) groups is 1. The molecule has 1 amide bonds. The van der Waals surface area contributed by atoms with Crippen LogP contribution >= 0.6 is 11.6 Å². The van der Waals surface area contributed by atoms with Crippen LogP contribution in [0.15, 0.2) is 65.7 Å². The summed E-state index contributed by atoms with van der Waals surface area (Å²) in [6.07, 6.45) is 1.88. The zero-order valence-electron chi connectivity index (χ0n) is 19.3. The molecule has 0 fully saturated rings. The molecule has 2 aromatic carbocycles. The van der Waals surface area contributed by atoms with Crippen LogP contribution in [0.4, 0.5) is 0 Å². The van der Waals surface area contributed by atoms with Crippen LogP contribution in [-0.4, -0.2) is 36.9 Å². The summed E-state index contributed by atoms with van der Waals surface area (Å²) < 4.78 is 30.8. The maximum Gasteiger partial charge on any atom is 0.243 e. The van der Waals surface area contributed by atoms with E-state index in [4.69, 9.17) is 11.6 Å². The minimum absolute atomic E-state index is 0.0469. The monoisotopic (exact) mass is 498 g/mol. The number of nitrogens with one attached hydrogen (secondary N) is 1. The zero-order valence-corrected chi connectivity index (χ0v) is 20.9.